The molecule has 0 N–H and O–H groups in total. The first-order chi connectivity index (χ1) is 12.7. The third-order valence-electron chi connectivity index (χ3n) is 4.09. The fourth-order valence-electron chi connectivity index (χ4n) is 2.82. The fourth-order valence-corrected chi connectivity index (χ4v) is 2.82. The molecule has 4 aromatic rings. The maximum Gasteiger partial charge on any atom is 0.227 e. The Bertz CT molecular complexity index is 994. The highest BCUT2D eigenvalue weighted by Crippen LogP contribution is 2.19. The summed E-state index contributed by atoms with van der Waals surface area (Å²) in [4.78, 5) is 0. The third-order valence-corrected chi connectivity index (χ3v) is 4.09. The molecule has 0 saturated carbocycles. The van der Waals surface area contributed by atoms with Crippen molar-refractivity contribution in [3.63, 3.8) is 0 Å². The summed E-state index contributed by atoms with van der Waals surface area (Å²) < 4.78 is 12.9. The Morgan fingerprint density at radius 1 is 0.654 bits per heavy atom. The van der Waals surface area contributed by atoms with E-state index in [1.54, 1.807) is 24.3 Å². The average molecular weight is 348 g/mol. The second kappa shape index (κ2) is 6.76. The van der Waals surface area contributed by atoms with Crippen LogP contribution in [0.3, 0.4) is 0 Å². The van der Waals surface area contributed by atoms with Crippen molar-refractivity contribution < 1.29 is 18.9 Å². The number of benzene rings is 2. The highest BCUT2D eigenvalue weighted by atomic mass is 16.5. The first-order valence-electron chi connectivity index (χ1n) is 8.20. The molecule has 130 valence electrons. The number of aromatic nitrogens is 2. The lowest BCUT2D eigenvalue weighted by atomic mass is 10.2. The van der Waals surface area contributed by atoms with Crippen LogP contribution in [0.1, 0.15) is 0 Å². The molecule has 4 rings (SSSR count). The van der Waals surface area contributed by atoms with E-state index in [1.807, 2.05) is 36.4 Å². The second-order valence-electron chi connectivity index (χ2n) is 5.81. The molecule has 2 aromatic heterocycles. The van der Waals surface area contributed by atoms with Gasteiger partial charge in [0.05, 0.1) is 12.1 Å². The summed E-state index contributed by atoms with van der Waals surface area (Å²) >= 11 is 0. The Morgan fingerprint density at radius 3 is 1.58 bits per heavy atom. The standard InChI is InChI=1S/C20H16N2O4/c23-21-9-1-3-15-5-7-17(13-19(15)21)25-11-12-26-18-8-6-16-4-2-10-22(24)20(16)14-18/h1-10,13-14H,11-12H2. The Labute approximate surface area is 149 Å². The van der Waals surface area contributed by atoms with Crippen LogP contribution >= 0.6 is 0 Å². The molecule has 0 aliphatic rings. The van der Waals surface area contributed by atoms with Gasteiger partial charge in [0.25, 0.3) is 0 Å². The lowest BCUT2D eigenvalue weighted by molar-refractivity contribution is -0.577. The quantitative estimate of drug-likeness (QED) is 0.316. The number of hydrogen-bond donors (Lipinski definition) is 0. The van der Waals surface area contributed by atoms with Crippen molar-refractivity contribution >= 4 is 21.8 Å². The number of pyridine rings is 2. The molecule has 26 heavy (non-hydrogen) atoms. The molecule has 0 aliphatic heterocycles. The average Bonchev–Trinajstić information content (AvgIpc) is 2.66. The van der Waals surface area contributed by atoms with E-state index in [0.717, 1.165) is 20.2 Å². The number of ether oxygens (including phenoxy) is 2. The van der Waals surface area contributed by atoms with Gasteiger partial charge in [0.1, 0.15) is 24.7 Å². The van der Waals surface area contributed by atoms with Gasteiger partial charge in [0, 0.05) is 22.9 Å². The molecule has 6 heteroatoms. The van der Waals surface area contributed by atoms with E-state index in [1.165, 1.54) is 12.4 Å². The van der Waals surface area contributed by atoms with Gasteiger partial charge in [-0.05, 0) is 36.4 Å². The van der Waals surface area contributed by atoms with Crippen LogP contribution in [-0.4, -0.2) is 13.2 Å². The van der Waals surface area contributed by atoms with Gasteiger partial charge in [-0.3, -0.25) is 0 Å². The molecule has 0 radical (unpaired) electrons. The first kappa shape index (κ1) is 16.0. The molecule has 0 unspecified atom stereocenters. The van der Waals surface area contributed by atoms with Crippen LogP contribution in [0, 0.1) is 10.4 Å². The van der Waals surface area contributed by atoms with Gasteiger partial charge in [0.15, 0.2) is 12.4 Å². The van der Waals surface area contributed by atoms with E-state index in [4.69, 9.17) is 9.47 Å². The van der Waals surface area contributed by atoms with Crippen LogP contribution < -0.4 is 18.9 Å². The maximum atomic E-state index is 11.8. The lowest BCUT2D eigenvalue weighted by Gasteiger charge is -2.09. The minimum atomic E-state index is 0.321. The van der Waals surface area contributed by atoms with Crippen molar-refractivity contribution in [2.45, 2.75) is 0 Å². The van der Waals surface area contributed by atoms with Gasteiger partial charge < -0.3 is 19.9 Å². The topological polar surface area (TPSA) is 72.3 Å². The van der Waals surface area contributed by atoms with Crippen LogP contribution in [-0.2, 0) is 0 Å². The molecule has 0 spiro atoms. The molecular weight excluding hydrogens is 332 g/mol. The van der Waals surface area contributed by atoms with Crippen molar-refractivity contribution in [1.82, 2.24) is 0 Å². The minimum Gasteiger partial charge on any atom is -0.618 e. The molecule has 0 saturated heterocycles. The smallest absolute Gasteiger partial charge is 0.227 e. The van der Waals surface area contributed by atoms with Crippen molar-refractivity contribution in [2.24, 2.45) is 0 Å². The normalized spacial score (nSPS) is 10.9. The highest BCUT2D eigenvalue weighted by molar-refractivity contribution is 5.77. The van der Waals surface area contributed by atoms with Gasteiger partial charge in [-0.2, -0.15) is 9.46 Å². The van der Waals surface area contributed by atoms with Crippen LogP contribution in [0.15, 0.2) is 73.1 Å². The summed E-state index contributed by atoms with van der Waals surface area (Å²) in [6.45, 7) is 0.642. The molecular formula is C20H16N2O4. The van der Waals surface area contributed by atoms with Crippen molar-refractivity contribution in [3.05, 3.63) is 83.5 Å². The zero-order valence-corrected chi connectivity index (χ0v) is 13.9. The number of rotatable bonds is 5. The Kier molecular flexibility index (Phi) is 4.15. The Hall–Kier alpha value is -3.54. The van der Waals surface area contributed by atoms with Gasteiger partial charge >= 0.3 is 0 Å². The first-order valence-corrected chi connectivity index (χ1v) is 8.20. The van der Waals surface area contributed by atoms with Crippen molar-refractivity contribution in [2.75, 3.05) is 13.2 Å². The van der Waals surface area contributed by atoms with Gasteiger partial charge in [0.2, 0.25) is 11.0 Å². The summed E-state index contributed by atoms with van der Waals surface area (Å²) in [6, 6.07) is 17.9. The molecule has 6 nitrogen and oxygen atoms in total. The lowest BCUT2D eigenvalue weighted by Crippen LogP contribution is -2.25. The number of nitrogens with zero attached hydrogens (tertiary/aromatic N) is 2. The number of fused-ring (bicyclic) bond motifs is 2. The maximum absolute atomic E-state index is 11.8. The second-order valence-corrected chi connectivity index (χ2v) is 5.81. The van der Waals surface area contributed by atoms with E-state index in [-0.39, 0.29) is 0 Å². The van der Waals surface area contributed by atoms with E-state index in [0.29, 0.717) is 35.7 Å². The molecule has 2 aromatic carbocycles. The van der Waals surface area contributed by atoms with Gasteiger partial charge in [-0.25, -0.2) is 0 Å². The van der Waals surface area contributed by atoms with E-state index in [2.05, 4.69) is 0 Å². The molecule has 0 bridgehead atoms. The monoisotopic (exact) mass is 348 g/mol. The number of hydrogen-bond acceptors (Lipinski definition) is 4. The van der Waals surface area contributed by atoms with Gasteiger partial charge in [-0.15, -0.1) is 0 Å². The van der Waals surface area contributed by atoms with Crippen LogP contribution in [0.4, 0.5) is 0 Å². The predicted molar refractivity (Wildman–Crippen MR) is 96.8 cm³/mol. The van der Waals surface area contributed by atoms with E-state index < -0.39 is 0 Å². The van der Waals surface area contributed by atoms with E-state index >= 15 is 0 Å². The van der Waals surface area contributed by atoms with Crippen LogP contribution in [0.25, 0.3) is 21.8 Å². The summed E-state index contributed by atoms with van der Waals surface area (Å²) in [6.07, 6.45) is 2.91. The summed E-state index contributed by atoms with van der Waals surface area (Å²) in [5.74, 6) is 1.21. The SMILES string of the molecule is [O-][n+]1cccc2ccc(OCCOc3ccc4ccc[n+]([O-])c4c3)cc21. The summed E-state index contributed by atoms with van der Waals surface area (Å²) in [7, 11) is 0. The highest BCUT2D eigenvalue weighted by Gasteiger charge is 2.07. The van der Waals surface area contributed by atoms with E-state index in [9.17, 15) is 10.4 Å². The molecule has 0 fully saturated rings. The molecule has 0 amide bonds. The molecule has 0 atom stereocenters. The van der Waals surface area contributed by atoms with Crippen molar-refractivity contribution in [1.29, 1.82) is 0 Å². The van der Waals surface area contributed by atoms with Crippen molar-refractivity contribution in [3.8, 4) is 11.5 Å². The van der Waals surface area contributed by atoms with Crippen LogP contribution in [0.5, 0.6) is 11.5 Å². The summed E-state index contributed by atoms with van der Waals surface area (Å²) in [5.41, 5.74) is 1.11. The third kappa shape index (κ3) is 3.17. The molecule has 2 heterocycles. The van der Waals surface area contributed by atoms with Crippen LogP contribution in [0.2, 0.25) is 0 Å². The zero-order valence-electron chi connectivity index (χ0n) is 13.9. The predicted octanol–water partition coefficient (Wildman–Crippen LogP) is 2.72. The summed E-state index contributed by atoms with van der Waals surface area (Å²) in [5, 5.41) is 25.3. The largest absolute Gasteiger partial charge is 0.618 e. The fraction of sp³-hybridized carbons (Fsp3) is 0.100. The molecule has 0 aliphatic carbocycles. The Balaban J connectivity index is 1.39. The van der Waals surface area contributed by atoms with Gasteiger partial charge in [-0.1, -0.05) is 0 Å². The minimum absolute atomic E-state index is 0.321. The Morgan fingerprint density at radius 2 is 1.12 bits per heavy atom. The zero-order chi connectivity index (χ0) is 17.9.